The summed E-state index contributed by atoms with van der Waals surface area (Å²) in [5, 5.41) is 9.04. The summed E-state index contributed by atoms with van der Waals surface area (Å²) in [7, 11) is 0. The molecule has 0 amide bonds. The van der Waals surface area contributed by atoms with Crippen molar-refractivity contribution in [1.82, 2.24) is 14.9 Å². The molecule has 0 aliphatic carbocycles. The summed E-state index contributed by atoms with van der Waals surface area (Å²) in [6.45, 7) is 4.79. The van der Waals surface area contributed by atoms with Crippen molar-refractivity contribution in [2.45, 2.75) is 13.0 Å². The third-order valence-corrected chi connectivity index (χ3v) is 3.90. The van der Waals surface area contributed by atoms with E-state index in [0.717, 1.165) is 43.2 Å². The van der Waals surface area contributed by atoms with Crippen molar-refractivity contribution < 1.29 is 9.90 Å². The third-order valence-electron chi connectivity index (χ3n) is 3.90. The number of hydrogen-bond acceptors (Lipinski definition) is 4. The molecule has 20 heavy (non-hydrogen) atoms. The fourth-order valence-corrected chi connectivity index (χ4v) is 2.57. The van der Waals surface area contributed by atoms with Gasteiger partial charge in [-0.1, -0.05) is 12.1 Å². The third kappa shape index (κ3) is 2.34. The number of fused-ring (bicyclic) bond motifs is 1. The SMILES string of the molecule is CC(C(=O)O)N1CCN(c2nc3ccccc3[nH]2)CC1. The van der Waals surface area contributed by atoms with Crippen LogP contribution in [0.25, 0.3) is 11.0 Å². The van der Waals surface area contributed by atoms with Gasteiger partial charge >= 0.3 is 5.97 Å². The van der Waals surface area contributed by atoms with E-state index in [-0.39, 0.29) is 0 Å². The van der Waals surface area contributed by atoms with Gasteiger partial charge in [0.1, 0.15) is 6.04 Å². The molecule has 6 heteroatoms. The highest BCUT2D eigenvalue weighted by Gasteiger charge is 2.26. The van der Waals surface area contributed by atoms with Gasteiger partial charge < -0.3 is 15.0 Å². The first kappa shape index (κ1) is 12.9. The number of hydrogen-bond donors (Lipinski definition) is 2. The summed E-state index contributed by atoms with van der Waals surface area (Å²) >= 11 is 0. The molecule has 1 saturated heterocycles. The Balaban J connectivity index is 1.70. The molecular formula is C14H18N4O2. The molecule has 1 aliphatic heterocycles. The van der Waals surface area contributed by atoms with Gasteiger partial charge in [-0.05, 0) is 19.1 Å². The van der Waals surface area contributed by atoms with Gasteiger partial charge in [-0.2, -0.15) is 0 Å². The van der Waals surface area contributed by atoms with E-state index < -0.39 is 12.0 Å². The van der Waals surface area contributed by atoms with Crippen molar-refractivity contribution in [2.75, 3.05) is 31.1 Å². The number of para-hydroxylation sites is 2. The van der Waals surface area contributed by atoms with Crippen LogP contribution in [0.5, 0.6) is 0 Å². The van der Waals surface area contributed by atoms with Gasteiger partial charge in [0.05, 0.1) is 11.0 Å². The Labute approximate surface area is 117 Å². The molecule has 1 aromatic heterocycles. The molecule has 2 heterocycles. The predicted octanol–water partition coefficient (Wildman–Crippen LogP) is 1.16. The first-order valence-corrected chi connectivity index (χ1v) is 6.82. The van der Waals surface area contributed by atoms with Gasteiger partial charge in [0.2, 0.25) is 5.95 Å². The van der Waals surface area contributed by atoms with Crippen LogP contribution in [0.4, 0.5) is 5.95 Å². The summed E-state index contributed by atoms with van der Waals surface area (Å²) in [6, 6.07) is 7.52. The molecule has 2 N–H and O–H groups in total. The second-order valence-electron chi connectivity index (χ2n) is 5.11. The number of carbonyl (C=O) groups is 1. The van der Waals surface area contributed by atoms with E-state index in [0.29, 0.717) is 0 Å². The number of piperazine rings is 1. The monoisotopic (exact) mass is 274 g/mol. The van der Waals surface area contributed by atoms with E-state index >= 15 is 0 Å². The molecule has 1 aliphatic rings. The fraction of sp³-hybridized carbons (Fsp3) is 0.429. The number of anilines is 1. The van der Waals surface area contributed by atoms with E-state index in [1.54, 1.807) is 6.92 Å². The highest BCUT2D eigenvalue weighted by Crippen LogP contribution is 2.18. The molecule has 6 nitrogen and oxygen atoms in total. The highest BCUT2D eigenvalue weighted by atomic mass is 16.4. The molecule has 106 valence electrons. The van der Waals surface area contributed by atoms with Crippen LogP contribution < -0.4 is 4.90 Å². The second kappa shape index (κ2) is 5.13. The van der Waals surface area contributed by atoms with Crippen molar-refractivity contribution >= 4 is 23.0 Å². The predicted molar refractivity (Wildman–Crippen MR) is 77.0 cm³/mol. The molecule has 1 atom stereocenters. The number of benzene rings is 1. The van der Waals surface area contributed by atoms with Crippen LogP contribution in [-0.4, -0.2) is 58.2 Å². The summed E-state index contributed by atoms with van der Waals surface area (Å²) in [5.74, 6) is 0.107. The molecule has 0 bridgehead atoms. The van der Waals surface area contributed by atoms with Gasteiger partial charge in [-0.15, -0.1) is 0 Å². The molecule has 1 fully saturated rings. The summed E-state index contributed by atoms with van der Waals surface area (Å²) in [5.41, 5.74) is 1.99. The van der Waals surface area contributed by atoms with Crippen LogP contribution in [0.15, 0.2) is 24.3 Å². The molecule has 0 radical (unpaired) electrons. The van der Waals surface area contributed by atoms with Crippen LogP contribution in [0, 0.1) is 0 Å². The number of aliphatic carboxylic acids is 1. The summed E-state index contributed by atoms with van der Waals surface area (Å²) in [6.07, 6.45) is 0. The number of carboxylic acids is 1. The van der Waals surface area contributed by atoms with Gasteiger partial charge in [-0.3, -0.25) is 9.69 Å². The number of aromatic amines is 1. The molecule has 3 rings (SSSR count). The lowest BCUT2D eigenvalue weighted by molar-refractivity contribution is -0.142. The van der Waals surface area contributed by atoms with Gasteiger partial charge in [-0.25, -0.2) is 4.98 Å². The zero-order valence-electron chi connectivity index (χ0n) is 11.4. The van der Waals surface area contributed by atoms with Gasteiger partial charge in [0.25, 0.3) is 0 Å². The highest BCUT2D eigenvalue weighted by molar-refractivity contribution is 5.77. The van der Waals surface area contributed by atoms with Crippen molar-refractivity contribution in [3.05, 3.63) is 24.3 Å². The normalized spacial score (nSPS) is 18.4. The zero-order valence-corrected chi connectivity index (χ0v) is 11.4. The summed E-state index contributed by atoms with van der Waals surface area (Å²) in [4.78, 5) is 23.0. The van der Waals surface area contributed by atoms with Crippen molar-refractivity contribution in [3.8, 4) is 0 Å². The van der Waals surface area contributed by atoms with E-state index in [4.69, 9.17) is 5.11 Å². The number of imidazole rings is 1. The molecular weight excluding hydrogens is 256 g/mol. The Morgan fingerprint density at radius 2 is 2.00 bits per heavy atom. The van der Waals surface area contributed by atoms with E-state index in [2.05, 4.69) is 14.9 Å². The van der Waals surface area contributed by atoms with Crippen LogP contribution >= 0.6 is 0 Å². The lowest BCUT2D eigenvalue weighted by atomic mass is 10.2. The minimum atomic E-state index is -0.762. The maximum atomic E-state index is 11.0. The number of H-pyrrole nitrogens is 1. The maximum Gasteiger partial charge on any atom is 0.320 e. The van der Waals surface area contributed by atoms with Crippen molar-refractivity contribution in [3.63, 3.8) is 0 Å². The topological polar surface area (TPSA) is 72.5 Å². The average Bonchev–Trinajstić information content (AvgIpc) is 2.90. The zero-order chi connectivity index (χ0) is 14.1. The maximum absolute atomic E-state index is 11.0. The Kier molecular flexibility index (Phi) is 3.31. The smallest absolute Gasteiger partial charge is 0.320 e. The molecule has 2 aromatic rings. The number of rotatable bonds is 3. The van der Waals surface area contributed by atoms with Crippen LogP contribution in [-0.2, 0) is 4.79 Å². The van der Waals surface area contributed by atoms with Gasteiger partial charge in [0, 0.05) is 26.2 Å². The Bertz CT molecular complexity index is 583. The van der Waals surface area contributed by atoms with E-state index in [1.165, 1.54) is 0 Å². The standard InChI is InChI=1S/C14H18N4O2/c1-10(13(19)20)17-6-8-18(9-7-17)14-15-11-4-2-3-5-12(11)16-14/h2-5,10H,6-9H2,1H3,(H,15,16)(H,19,20). The molecule has 0 saturated carbocycles. The van der Waals surface area contributed by atoms with Crippen molar-refractivity contribution in [2.24, 2.45) is 0 Å². The first-order valence-electron chi connectivity index (χ1n) is 6.82. The lowest BCUT2D eigenvalue weighted by Crippen LogP contribution is -2.52. The minimum absolute atomic E-state index is 0.423. The van der Waals surface area contributed by atoms with Crippen LogP contribution in [0.2, 0.25) is 0 Å². The quantitative estimate of drug-likeness (QED) is 0.878. The van der Waals surface area contributed by atoms with Gasteiger partial charge in [0.15, 0.2) is 0 Å². The second-order valence-corrected chi connectivity index (χ2v) is 5.11. The van der Waals surface area contributed by atoms with E-state index in [1.807, 2.05) is 29.2 Å². The van der Waals surface area contributed by atoms with Crippen LogP contribution in [0.1, 0.15) is 6.92 Å². The largest absolute Gasteiger partial charge is 0.480 e. The number of carboxylic acid groups (broad SMARTS) is 1. The van der Waals surface area contributed by atoms with E-state index in [9.17, 15) is 4.79 Å². The number of nitrogens with zero attached hydrogens (tertiary/aromatic N) is 3. The summed E-state index contributed by atoms with van der Waals surface area (Å²) < 4.78 is 0. The lowest BCUT2D eigenvalue weighted by Gasteiger charge is -2.36. The number of aromatic nitrogens is 2. The number of nitrogens with one attached hydrogen (secondary N) is 1. The minimum Gasteiger partial charge on any atom is -0.480 e. The Morgan fingerprint density at radius 3 is 2.65 bits per heavy atom. The average molecular weight is 274 g/mol. The fourth-order valence-electron chi connectivity index (χ4n) is 2.57. The molecule has 1 unspecified atom stereocenters. The van der Waals surface area contributed by atoms with Crippen molar-refractivity contribution in [1.29, 1.82) is 0 Å². The Hall–Kier alpha value is -2.08. The molecule has 0 spiro atoms. The Morgan fingerprint density at radius 1 is 1.30 bits per heavy atom. The first-order chi connectivity index (χ1) is 9.65. The van der Waals surface area contributed by atoms with Crippen LogP contribution in [0.3, 0.4) is 0 Å². The molecule has 1 aromatic carbocycles.